The number of aromatic hydroxyl groups is 1. The van der Waals surface area contributed by atoms with Gasteiger partial charge in [0, 0.05) is 44.4 Å². The van der Waals surface area contributed by atoms with Crippen molar-refractivity contribution in [2.24, 2.45) is 17.6 Å². The molecule has 3 aliphatic carbocycles. The summed E-state index contributed by atoms with van der Waals surface area (Å²) >= 11 is 0. The first-order chi connectivity index (χ1) is 18.3. The Morgan fingerprint density at radius 3 is 2.28 bits per heavy atom. The van der Waals surface area contributed by atoms with E-state index in [1.807, 2.05) is 30.0 Å². The Bertz CT molecular complexity index is 1340. The number of amides is 1. The Kier molecular flexibility index (Phi) is 6.42. The highest BCUT2D eigenvalue weighted by molar-refractivity contribution is 6.25. The van der Waals surface area contributed by atoms with Gasteiger partial charge in [-0.1, -0.05) is 0 Å². The van der Waals surface area contributed by atoms with Crippen molar-refractivity contribution in [1.29, 1.82) is 0 Å². The molecule has 1 heterocycles. The van der Waals surface area contributed by atoms with Crippen LogP contribution >= 0.6 is 0 Å². The van der Waals surface area contributed by atoms with Gasteiger partial charge in [0.25, 0.3) is 5.91 Å². The van der Waals surface area contributed by atoms with Crippen molar-refractivity contribution in [1.82, 2.24) is 4.90 Å². The number of allylic oxidation sites excluding steroid dienone is 1. The van der Waals surface area contributed by atoms with Crippen LogP contribution in [0.4, 0.5) is 11.4 Å². The first-order valence-corrected chi connectivity index (χ1v) is 13.3. The Labute approximate surface area is 226 Å². The molecule has 0 radical (unpaired) electrons. The number of phenolic OH excluding ortho intramolecular Hbond substituents is 1. The van der Waals surface area contributed by atoms with Gasteiger partial charge in [0.2, 0.25) is 5.78 Å². The molecule has 4 aliphatic rings. The number of Topliss-reactive ketones (excluding diaryl/α,β-unsaturated/α-hetero) is 2. The molecule has 1 unspecified atom stereocenters. The first-order valence-electron chi connectivity index (χ1n) is 13.3. The van der Waals surface area contributed by atoms with Gasteiger partial charge in [-0.15, -0.1) is 0 Å². The summed E-state index contributed by atoms with van der Waals surface area (Å²) in [6, 6.07) is 0.875. The number of aliphatic hydroxyl groups excluding tert-OH is 2. The van der Waals surface area contributed by atoms with Gasteiger partial charge in [-0.05, 0) is 63.7 Å². The SMILES string of the molecule is CN(C)c1cc(N2CCCCC2)c(O)c2c1C[C@H]1C[C@H]3C(N(C)C)C(O)=C(C(N)=O)C(=O)[C@@]3(O)C(O)=C1C2=O. The van der Waals surface area contributed by atoms with Crippen molar-refractivity contribution in [3.8, 4) is 5.75 Å². The van der Waals surface area contributed by atoms with E-state index in [1.54, 1.807) is 19.0 Å². The second-order valence-corrected chi connectivity index (χ2v) is 11.5. The number of rotatable bonds is 4. The number of benzene rings is 1. The zero-order valence-corrected chi connectivity index (χ0v) is 22.7. The Morgan fingerprint density at radius 1 is 1.08 bits per heavy atom. The number of hydrogen-bond donors (Lipinski definition) is 5. The number of aliphatic hydroxyl groups is 3. The van der Waals surface area contributed by atoms with Crippen molar-refractivity contribution < 1.29 is 34.8 Å². The number of carbonyl (C=O) groups excluding carboxylic acids is 3. The summed E-state index contributed by atoms with van der Waals surface area (Å²) in [6.45, 7) is 1.47. The maximum Gasteiger partial charge on any atom is 0.255 e. The van der Waals surface area contributed by atoms with Crippen molar-refractivity contribution in [3.05, 3.63) is 39.9 Å². The maximum atomic E-state index is 14.1. The monoisotopic (exact) mass is 540 g/mol. The number of primary amides is 1. The van der Waals surface area contributed by atoms with Crippen LogP contribution in [-0.4, -0.2) is 95.7 Å². The van der Waals surface area contributed by atoms with Gasteiger partial charge in [-0.25, -0.2) is 0 Å². The largest absolute Gasteiger partial charge is 0.510 e. The van der Waals surface area contributed by atoms with E-state index in [0.29, 0.717) is 11.3 Å². The Hall–Kier alpha value is -3.57. The average molecular weight is 541 g/mol. The lowest BCUT2D eigenvalue weighted by Crippen LogP contribution is -2.63. The van der Waals surface area contributed by atoms with Crippen LogP contribution in [0.2, 0.25) is 0 Å². The van der Waals surface area contributed by atoms with Gasteiger partial charge in [0.15, 0.2) is 11.4 Å². The van der Waals surface area contributed by atoms with Crippen LogP contribution in [-0.2, 0) is 16.0 Å². The second-order valence-electron chi connectivity index (χ2n) is 11.5. The smallest absolute Gasteiger partial charge is 0.255 e. The number of ketones is 2. The van der Waals surface area contributed by atoms with Crippen LogP contribution in [0.25, 0.3) is 0 Å². The number of hydrogen-bond acceptors (Lipinski definition) is 10. The molecule has 11 heteroatoms. The van der Waals surface area contributed by atoms with Gasteiger partial charge < -0.3 is 36.0 Å². The zero-order chi connectivity index (χ0) is 28.5. The first kappa shape index (κ1) is 27.0. The fourth-order valence-corrected chi connectivity index (χ4v) is 7.06. The molecule has 1 fully saturated rings. The van der Waals surface area contributed by atoms with E-state index in [1.165, 1.54) is 0 Å². The average Bonchev–Trinajstić information content (AvgIpc) is 2.86. The summed E-state index contributed by atoms with van der Waals surface area (Å²) in [5.74, 6) is -6.41. The van der Waals surface area contributed by atoms with Crippen molar-refractivity contribution in [2.75, 3.05) is 51.1 Å². The molecular weight excluding hydrogens is 504 g/mol. The molecule has 0 aromatic heterocycles. The van der Waals surface area contributed by atoms with Crippen molar-refractivity contribution in [3.63, 3.8) is 0 Å². The van der Waals surface area contributed by atoms with Crippen LogP contribution < -0.4 is 15.5 Å². The number of likely N-dealkylation sites (N-methyl/N-ethyl adjacent to an activating group) is 1. The van der Waals surface area contributed by atoms with E-state index in [4.69, 9.17) is 5.73 Å². The van der Waals surface area contributed by atoms with E-state index in [2.05, 4.69) is 0 Å². The minimum atomic E-state index is -2.64. The van der Waals surface area contributed by atoms with Gasteiger partial charge in [0.05, 0.1) is 17.3 Å². The Balaban J connectivity index is 1.72. The van der Waals surface area contributed by atoms with Crippen LogP contribution in [0, 0.1) is 11.8 Å². The number of fused-ring (bicyclic) bond motifs is 3. The lowest BCUT2D eigenvalue weighted by Gasteiger charge is -2.50. The number of nitrogens with zero attached hydrogens (tertiary/aromatic N) is 3. The molecule has 1 amide bonds. The van der Waals surface area contributed by atoms with Crippen LogP contribution in [0.3, 0.4) is 0 Å². The predicted molar refractivity (Wildman–Crippen MR) is 144 cm³/mol. The lowest BCUT2D eigenvalue weighted by atomic mass is 9.58. The molecule has 39 heavy (non-hydrogen) atoms. The highest BCUT2D eigenvalue weighted by Crippen LogP contribution is 2.54. The zero-order valence-electron chi connectivity index (χ0n) is 22.7. The minimum absolute atomic E-state index is 0.0440. The normalized spacial score (nSPS) is 28.9. The topological polar surface area (TPSA) is 168 Å². The molecule has 0 spiro atoms. The second kappa shape index (κ2) is 9.27. The van der Waals surface area contributed by atoms with E-state index in [0.717, 1.165) is 38.0 Å². The lowest BCUT2D eigenvalue weighted by molar-refractivity contribution is -0.148. The van der Waals surface area contributed by atoms with E-state index >= 15 is 0 Å². The molecule has 6 N–H and O–H groups in total. The molecular formula is C28H36N4O7. The van der Waals surface area contributed by atoms with Gasteiger partial charge in [0.1, 0.15) is 22.8 Å². The van der Waals surface area contributed by atoms with Crippen molar-refractivity contribution in [2.45, 2.75) is 43.7 Å². The molecule has 0 bridgehead atoms. The molecule has 5 rings (SSSR count). The molecule has 11 nitrogen and oxygen atoms in total. The van der Waals surface area contributed by atoms with Gasteiger partial charge in [-0.3, -0.25) is 19.3 Å². The number of piperidine rings is 1. The van der Waals surface area contributed by atoms with E-state index in [-0.39, 0.29) is 29.7 Å². The Morgan fingerprint density at radius 2 is 1.72 bits per heavy atom. The van der Waals surface area contributed by atoms with Crippen LogP contribution in [0.15, 0.2) is 28.7 Å². The summed E-state index contributed by atoms with van der Waals surface area (Å²) in [5.41, 5.74) is 3.75. The summed E-state index contributed by atoms with van der Waals surface area (Å²) in [4.78, 5) is 45.2. The predicted octanol–water partition coefficient (Wildman–Crippen LogP) is 1.18. The molecule has 1 saturated heterocycles. The number of nitrogens with two attached hydrogens (primary N) is 1. The van der Waals surface area contributed by atoms with E-state index in [9.17, 15) is 34.8 Å². The molecule has 1 aromatic rings. The molecule has 210 valence electrons. The van der Waals surface area contributed by atoms with Gasteiger partial charge in [-0.2, -0.15) is 0 Å². The third-order valence-corrected chi connectivity index (χ3v) is 8.86. The molecule has 1 aliphatic heterocycles. The highest BCUT2D eigenvalue weighted by atomic mass is 16.3. The minimum Gasteiger partial charge on any atom is -0.510 e. The standard InChI is InChI=1S/C28H36N4O7/c1-30(2)16-12-17(32-8-6-5-7-9-32)22(33)19-14(16)10-13-11-15-21(31(3)4)24(35)20(27(29)38)26(37)28(15,39)25(36)18(13)23(19)34/h12-13,15,21,33,35-36,39H,5-11H2,1-4H3,(H2,29,38)/t13-,15-,21?,28-/m0/s1. The van der Waals surface area contributed by atoms with Crippen LogP contribution in [0.5, 0.6) is 5.75 Å². The maximum absolute atomic E-state index is 14.1. The fourth-order valence-electron chi connectivity index (χ4n) is 7.06. The number of phenols is 1. The number of anilines is 2. The van der Waals surface area contributed by atoms with Crippen LogP contribution in [0.1, 0.15) is 41.6 Å². The third kappa shape index (κ3) is 3.74. The summed E-state index contributed by atoms with van der Waals surface area (Å²) in [7, 11) is 6.93. The van der Waals surface area contributed by atoms with E-state index < -0.39 is 58.0 Å². The summed E-state index contributed by atoms with van der Waals surface area (Å²) in [6.07, 6.45) is 3.33. The fraction of sp³-hybridized carbons (Fsp3) is 0.536. The van der Waals surface area contributed by atoms with Crippen molar-refractivity contribution >= 4 is 28.8 Å². The highest BCUT2D eigenvalue weighted by Gasteiger charge is 2.63. The summed E-state index contributed by atoms with van der Waals surface area (Å²) < 4.78 is 0. The summed E-state index contributed by atoms with van der Waals surface area (Å²) in [5, 5.41) is 45.6. The third-order valence-electron chi connectivity index (χ3n) is 8.86. The van der Waals surface area contributed by atoms with Gasteiger partial charge >= 0.3 is 0 Å². The number of carbonyl (C=O) groups is 3. The molecule has 1 aromatic carbocycles. The molecule has 0 saturated carbocycles. The molecule has 4 atom stereocenters. The quantitative estimate of drug-likeness (QED) is 0.350.